The number of hydrogen-bond acceptors (Lipinski definition) is 5. The number of ether oxygens (including phenoxy) is 1. The van der Waals surface area contributed by atoms with Crippen LogP contribution in [0.2, 0.25) is 0 Å². The van der Waals surface area contributed by atoms with Gasteiger partial charge in [0.2, 0.25) is 0 Å². The lowest BCUT2D eigenvalue weighted by atomic mass is 10.0. The number of amides is 2. The van der Waals surface area contributed by atoms with Crippen LogP contribution in [0.25, 0.3) is 0 Å². The predicted octanol–water partition coefficient (Wildman–Crippen LogP) is 4.73. The topological polar surface area (TPSA) is 62.7 Å². The third-order valence-electron chi connectivity index (χ3n) is 5.86. The van der Waals surface area contributed by atoms with E-state index in [9.17, 15) is 9.59 Å². The molecule has 31 heavy (non-hydrogen) atoms. The third-order valence-corrected chi connectivity index (χ3v) is 6.44. The summed E-state index contributed by atoms with van der Waals surface area (Å²) in [7, 11) is 0. The molecular formula is C24H33N3O3S. The number of hydrogen-bond donors (Lipinski definition) is 0. The molecule has 0 spiro atoms. The third kappa shape index (κ3) is 5.85. The highest BCUT2D eigenvalue weighted by Gasteiger charge is 2.29. The summed E-state index contributed by atoms with van der Waals surface area (Å²) in [6.07, 6.45) is 3.94. The Morgan fingerprint density at radius 3 is 2.61 bits per heavy atom. The Balaban J connectivity index is 1.91. The summed E-state index contributed by atoms with van der Waals surface area (Å²) in [5, 5.41) is 1.80. The summed E-state index contributed by atoms with van der Waals surface area (Å²) in [4.78, 5) is 34.5. The summed E-state index contributed by atoms with van der Waals surface area (Å²) in [5.74, 6) is 0.740. The zero-order valence-electron chi connectivity index (χ0n) is 18.8. The lowest BCUT2D eigenvalue weighted by molar-refractivity contribution is 0.0517. The second-order valence-electron chi connectivity index (χ2n) is 8.29. The van der Waals surface area contributed by atoms with E-state index in [0.717, 1.165) is 32.2 Å². The van der Waals surface area contributed by atoms with Gasteiger partial charge in [-0.2, -0.15) is 0 Å². The number of carbonyl (C=O) groups is 2. The lowest BCUT2D eigenvalue weighted by Crippen LogP contribution is -2.47. The Morgan fingerprint density at radius 2 is 1.94 bits per heavy atom. The van der Waals surface area contributed by atoms with Crippen molar-refractivity contribution in [3.05, 3.63) is 46.4 Å². The van der Waals surface area contributed by atoms with Crippen LogP contribution < -0.4 is 4.74 Å². The molecule has 2 amide bonds. The molecule has 6 nitrogen and oxygen atoms in total. The first-order valence-electron chi connectivity index (χ1n) is 11.2. The minimum absolute atomic E-state index is 0.00617. The van der Waals surface area contributed by atoms with Gasteiger partial charge in [0.25, 0.3) is 11.8 Å². The first-order valence-corrected chi connectivity index (χ1v) is 12.2. The molecule has 0 unspecified atom stereocenters. The van der Waals surface area contributed by atoms with Gasteiger partial charge >= 0.3 is 0 Å². The zero-order valence-corrected chi connectivity index (χ0v) is 19.6. The normalized spacial score (nSPS) is 19.0. The predicted molar refractivity (Wildman–Crippen MR) is 124 cm³/mol. The minimum Gasteiger partial charge on any atom is -0.491 e. The van der Waals surface area contributed by atoms with Gasteiger partial charge in [0.15, 0.2) is 0 Å². The van der Waals surface area contributed by atoms with E-state index in [2.05, 4.69) is 18.8 Å². The van der Waals surface area contributed by atoms with Crippen LogP contribution in [0.5, 0.6) is 5.75 Å². The summed E-state index contributed by atoms with van der Waals surface area (Å²) in [5.41, 5.74) is 2.77. The van der Waals surface area contributed by atoms with Crippen LogP contribution in [0, 0.1) is 5.92 Å². The molecule has 0 saturated carbocycles. The molecular weight excluding hydrogens is 410 g/mol. The van der Waals surface area contributed by atoms with Crippen LogP contribution in [-0.2, 0) is 0 Å². The number of rotatable bonds is 3. The molecule has 0 saturated heterocycles. The fourth-order valence-electron chi connectivity index (χ4n) is 3.98. The first-order chi connectivity index (χ1) is 15.0. The number of carbonyl (C=O) groups excluding carboxylic acids is 2. The Morgan fingerprint density at radius 1 is 1.19 bits per heavy atom. The molecule has 1 atom stereocenters. The molecule has 7 heteroatoms. The molecule has 0 radical (unpaired) electrons. The van der Waals surface area contributed by atoms with Crippen LogP contribution in [0.15, 0.2) is 35.2 Å². The number of benzene rings is 1. The van der Waals surface area contributed by atoms with E-state index in [-0.39, 0.29) is 23.8 Å². The summed E-state index contributed by atoms with van der Waals surface area (Å²) >= 11 is 1.43. The smallest absolute Gasteiger partial charge is 0.273 e. The molecule has 1 aliphatic rings. The van der Waals surface area contributed by atoms with E-state index in [0.29, 0.717) is 36.7 Å². The second-order valence-corrected chi connectivity index (χ2v) is 9.01. The Bertz CT molecular complexity index is 854. The molecule has 0 N–H and O–H groups in total. The Kier molecular flexibility index (Phi) is 8.46. The van der Waals surface area contributed by atoms with Gasteiger partial charge in [-0.05, 0) is 37.8 Å². The fraction of sp³-hybridized carbons (Fsp3) is 0.542. The van der Waals surface area contributed by atoms with Crippen molar-refractivity contribution in [1.29, 1.82) is 0 Å². The van der Waals surface area contributed by atoms with Crippen molar-refractivity contribution >= 4 is 23.2 Å². The van der Waals surface area contributed by atoms with E-state index < -0.39 is 0 Å². The SMILES string of the molecule is CCN1CCCCCCN(C(=O)c2cscn2)[C@@H](C(C)C)COc2ccccc2C1=O. The number of aromatic nitrogens is 1. The van der Waals surface area contributed by atoms with Crippen LogP contribution in [0.1, 0.15) is 67.3 Å². The molecule has 3 rings (SSSR count). The van der Waals surface area contributed by atoms with Gasteiger partial charge in [0, 0.05) is 25.0 Å². The van der Waals surface area contributed by atoms with Crippen LogP contribution >= 0.6 is 11.3 Å². The molecule has 168 valence electrons. The molecule has 0 bridgehead atoms. The van der Waals surface area contributed by atoms with Crippen LogP contribution in [0.3, 0.4) is 0 Å². The van der Waals surface area contributed by atoms with E-state index in [1.807, 2.05) is 41.0 Å². The maximum atomic E-state index is 13.2. The Hall–Kier alpha value is -2.41. The molecule has 0 fully saturated rings. The van der Waals surface area contributed by atoms with Gasteiger partial charge in [-0.3, -0.25) is 9.59 Å². The lowest BCUT2D eigenvalue weighted by Gasteiger charge is -2.34. The van der Waals surface area contributed by atoms with Gasteiger partial charge in [-0.1, -0.05) is 38.8 Å². The molecule has 1 aromatic carbocycles. The van der Waals surface area contributed by atoms with Gasteiger partial charge in [-0.15, -0.1) is 11.3 Å². The summed E-state index contributed by atoms with van der Waals surface area (Å²) in [6, 6.07) is 7.32. The van der Waals surface area contributed by atoms with Gasteiger partial charge in [0.1, 0.15) is 18.1 Å². The van der Waals surface area contributed by atoms with Crippen molar-refractivity contribution in [3.63, 3.8) is 0 Å². The molecule has 0 aliphatic carbocycles. The van der Waals surface area contributed by atoms with Crippen molar-refractivity contribution < 1.29 is 14.3 Å². The van der Waals surface area contributed by atoms with Crippen molar-refractivity contribution in [2.24, 2.45) is 5.92 Å². The molecule has 1 aromatic heterocycles. The van der Waals surface area contributed by atoms with Gasteiger partial charge < -0.3 is 14.5 Å². The molecule has 2 heterocycles. The highest BCUT2D eigenvalue weighted by atomic mass is 32.1. The standard InChI is InChI=1S/C24H33N3O3S/c1-4-26-13-9-5-6-10-14-27(24(29)20-16-31-17-25-20)21(18(2)3)15-30-22-12-8-7-11-19(22)23(26)28/h7-8,11-12,16-18,21H,4-6,9-10,13-15H2,1-3H3/t21-/m1/s1. The monoisotopic (exact) mass is 443 g/mol. The average molecular weight is 444 g/mol. The van der Waals surface area contributed by atoms with E-state index in [4.69, 9.17) is 4.74 Å². The maximum absolute atomic E-state index is 13.2. The number of para-hydroxylation sites is 1. The molecule has 1 aliphatic heterocycles. The largest absolute Gasteiger partial charge is 0.491 e. The number of fused-ring (bicyclic) bond motifs is 1. The highest BCUT2D eigenvalue weighted by Crippen LogP contribution is 2.24. The van der Waals surface area contributed by atoms with Gasteiger partial charge in [0.05, 0.1) is 17.1 Å². The van der Waals surface area contributed by atoms with E-state index >= 15 is 0 Å². The fourth-order valence-corrected chi connectivity index (χ4v) is 4.51. The maximum Gasteiger partial charge on any atom is 0.273 e. The van der Waals surface area contributed by atoms with Crippen molar-refractivity contribution in [2.75, 3.05) is 26.2 Å². The molecule has 2 aromatic rings. The highest BCUT2D eigenvalue weighted by molar-refractivity contribution is 7.07. The number of thiazole rings is 1. The van der Waals surface area contributed by atoms with Crippen molar-refractivity contribution in [1.82, 2.24) is 14.8 Å². The quantitative estimate of drug-likeness (QED) is 0.688. The van der Waals surface area contributed by atoms with Crippen molar-refractivity contribution in [2.45, 2.75) is 52.5 Å². The average Bonchev–Trinajstić information content (AvgIpc) is 3.31. The second kappa shape index (κ2) is 11.3. The Labute approximate surface area is 189 Å². The minimum atomic E-state index is -0.109. The number of nitrogens with zero attached hydrogens (tertiary/aromatic N) is 3. The van der Waals surface area contributed by atoms with E-state index in [1.165, 1.54) is 11.3 Å². The summed E-state index contributed by atoms with van der Waals surface area (Å²) < 4.78 is 6.21. The van der Waals surface area contributed by atoms with Crippen molar-refractivity contribution in [3.8, 4) is 5.75 Å². The summed E-state index contributed by atoms with van der Waals surface area (Å²) in [6.45, 7) is 8.66. The van der Waals surface area contributed by atoms with Crippen LogP contribution in [-0.4, -0.2) is 58.9 Å². The van der Waals surface area contributed by atoms with Gasteiger partial charge in [-0.25, -0.2) is 4.98 Å². The zero-order chi connectivity index (χ0) is 22.2. The van der Waals surface area contributed by atoms with E-state index in [1.54, 1.807) is 10.9 Å². The van der Waals surface area contributed by atoms with Crippen LogP contribution in [0.4, 0.5) is 0 Å². The first kappa shape index (κ1) is 23.3.